The van der Waals surface area contributed by atoms with Crippen LogP contribution in [0, 0.1) is 0 Å². The summed E-state index contributed by atoms with van der Waals surface area (Å²) in [6.07, 6.45) is 1.70. The maximum absolute atomic E-state index is 11.8. The standard InChI is InChI=1S/C14H14N2OS/c17-14-11-8-18-9-12(11)15-13(16-14)7-6-10-4-2-1-3-5-10/h1-5H,6-9H2,(H,15,16,17). The zero-order valence-electron chi connectivity index (χ0n) is 9.98. The van der Waals surface area contributed by atoms with E-state index in [1.807, 2.05) is 18.2 Å². The lowest BCUT2D eigenvalue weighted by atomic mass is 10.1. The van der Waals surface area contributed by atoms with Crippen LogP contribution in [0.25, 0.3) is 0 Å². The molecule has 1 aliphatic heterocycles. The summed E-state index contributed by atoms with van der Waals surface area (Å²) < 4.78 is 0. The number of aromatic nitrogens is 2. The molecule has 1 aliphatic rings. The fourth-order valence-electron chi connectivity index (χ4n) is 2.14. The summed E-state index contributed by atoms with van der Waals surface area (Å²) >= 11 is 1.76. The zero-order valence-corrected chi connectivity index (χ0v) is 10.8. The Morgan fingerprint density at radius 3 is 2.83 bits per heavy atom. The number of H-pyrrole nitrogens is 1. The molecular weight excluding hydrogens is 244 g/mol. The molecule has 1 aromatic heterocycles. The molecule has 0 amide bonds. The van der Waals surface area contributed by atoms with Gasteiger partial charge >= 0.3 is 0 Å². The normalized spacial score (nSPS) is 13.6. The molecule has 2 aromatic rings. The van der Waals surface area contributed by atoms with Crippen molar-refractivity contribution in [2.45, 2.75) is 24.3 Å². The Balaban J connectivity index is 1.78. The third-order valence-electron chi connectivity index (χ3n) is 3.13. The number of aryl methyl sites for hydroxylation is 2. The summed E-state index contributed by atoms with van der Waals surface area (Å²) in [4.78, 5) is 19.3. The topological polar surface area (TPSA) is 45.8 Å². The Bertz CT molecular complexity index is 607. The lowest BCUT2D eigenvalue weighted by molar-refractivity contribution is 0.827. The Hall–Kier alpha value is -1.55. The summed E-state index contributed by atoms with van der Waals surface area (Å²) in [6, 6.07) is 10.3. The van der Waals surface area contributed by atoms with Crippen LogP contribution in [0.2, 0.25) is 0 Å². The molecule has 0 radical (unpaired) electrons. The number of aromatic amines is 1. The second kappa shape index (κ2) is 4.98. The van der Waals surface area contributed by atoms with Crippen molar-refractivity contribution in [3.63, 3.8) is 0 Å². The first-order valence-electron chi connectivity index (χ1n) is 6.05. The predicted octanol–water partition coefficient (Wildman–Crippen LogP) is 2.30. The molecule has 3 rings (SSSR count). The highest BCUT2D eigenvalue weighted by Crippen LogP contribution is 2.25. The summed E-state index contributed by atoms with van der Waals surface area (Å²) in [6.45, 7) is 0. The molecule has 1 N–H and O–H groups in total. The average Bonchev–Trinajstić information content (AvgIpc) is 2.86. The summed E-state index contributed by atoms with van der Waals surface area (Å²) in [5.74, 6) is 2.49. The van der Waals surface area contributed by atoms with Gasteiger partial charge in [0.05, 0.1) is 5.69 Å². The third kappa shape index (κ3) is 2.34. The van der Waals surface area contributed by atoms with Crippen molar-refractivity contribution < 1.29 is 0 Å². The first-order valence-corrected chi connectivity index (χ1v) is 7.21. The Kier molecular flexibility index (Phi) is 3.19. The quantitative estimate of drug-likeness (QED) is 0.919. The Morgan fingerprint density at radius 2 is 2.00 bits per heavy atom. The maximum atomic E-state index is 11.8. The first-order chi connectivity index (χ1) is 8.83. The number of benzene rings is 1. The van der Waals surface area contributed by atoms with Gasteiger partial charge in [-0.15, -0.1) is 0 Å². The molecule has 0 aliphatic carbocycles. The predicted molar refractivity (Wildman–Crippen MR) is 73.7 cm³/mol. The molecule has 0 fully saturated rings. The van der Waals surface area contributed by atoms with E-state index in [1.54, 1.807) is 11.8 Å². The zero-order chi connectivity index (χ0) is 12.4. The van der Waals surface area contributed by atoms with E-state index in [9.17, 15) is 4.79 Å². The van der Waals surface area contributed by atoms with Gasteiger partial charge < -0.3 is 4.98 Å². The molecule has 3 nitrogen and oxygen atoms in total. The van der Waals surface area contributed by atoms with Gasteiger partial charge in [0.15, 0.2) is 0 Å². The minimum Gasteiger partial charge on any atom is -0.310 e. The monoisotopic (exact) mass is 258 g/mol. The molecular formula is C14H14N2OS. The van der Waals surface area contributed by atoms with E-state index in [1.165, 1.54) is 5.56 Å². The molecule has 0 saturated heterocycles. The fraction of sp³-hybridized carbons (Fsp3) is 0.286. The first kappa shape index (κ1) is 11.5. The number of rotatable bonds is 3. The maximum Gasteiger partial charge on any atom is 0.255 e. The highest BCUT2D eigenvalue weighted by molar-refractivity contribution is 7.98. The van der Waals surface area contributed by atoms with E-state index in [2.05, 4.69) is 22.1 Å². The highest BCUT2D eigenvalue weighted by Gasteiger charge is 2.17. The Morgan fingerprint density at radius 1 is 1.17 bits per heavy atom. The van der Waals surface area contributed by atoms with E-state index >= 15 is 0 Å². The second-order valence-corrected chi connectivity index (χ2v) is 5.40. The van der Waals surface area contributed by atoms with Gasteiger partial charge in [0.1, 0.15) is 5.82 Å². The van der Waals surface area contributed by atoms with Crippen LogP contribution in [0.15, 0.2) is 35.1 Å². The van der Waals surface area contributed by atoms with Crippen LogP contribution in [0.3, 0.4) is 0 Å². The third-order valence-corrected chi connectivity index (χ3v) is 4.10. The van der Waals surface area contributed by atoms with E-state index in [0.717, 1.165) is 41.4 Å². The van der Waals surface area contributed by atoms with Gasteiger partial charge in [0, 0.05) is 23.5 Å². The minimum atomic E-state index is 0.0491. The number of thioether (sulfide) groups is 1. The molecule has 18 heavy (non-hydrogen) atoms. The van der Waals surface area contributed by atoms with Crippen LogP contribution in [0.5, 0.6) is 0 Å². The van der Waals surface area contributed by atoms with Crippen molar-refractivity contribution in [1.82, 2.24) is 9.97 Å². The summed E-state index contributed by atoms with van der Waals surface area (Å²) in [5, 5.41) is 0. The molecule has 0 saturated carbocycles. The number of nitrogens with one attached hydrogen (secondary N) is 1. The van der Waals surface area contributed by atoms with Crippen LogP contribution in [0.4, 0.5) is 0 Å². The molecule has 2 heterocycles. The van der Waals surface area contributed by atoms with Gasteiger partial charge in [-0.2, -0.15) is 11.8 Å². The summed E-state index contributed by atoms with van der Waals surface area (Å²) in [5.41, 5.74) is 3.17. The lowest BCUT2D eigenvalue weighted by Crippen LogP contribution is -2.17. The lowest BCUT2D eigenvalue weighted by Gasteiger charge is -2.03. The number of nitrogens with zero attached hydrogens (tertiary/aromatic N) is 1. The van der Waals surface area contributed by atoms with Crippen molar-refractivity contribution in [1.29, 1.82) is 0 Å². The van der Waals surface area contributed by atoms with Gasteiger partial charge in [0.25, 0.3) is 5.56 Å². The van der Waals surface area contributed by atoms with Gasteiger partial charge in [-0.3, -0.25) is 4.79 Å². The smallest absolute Gasteiger partial charge is 0.255 e. The van der Waals surface area contributed by atoms with E-state index < -0.39 is 0 Å². The molecule has 0 bridgehead atoms. The highest BCUT2D eigenvalue weighted by atomic mass is 32.2. The van der Waals surface area contributed by atoms with Crippen molar-refractivity contribution in [2.24, 2.45) is 0 Å². The molecule has 4 heteroatoms. The number of fused-ring (bicyclic) bond motifs is 1. The minimum absolute atomic E-state index is 0.0491. The van der Waals surface area contributed by atoms with Crippen molar-refractivity contribution in [2.75, 3.05) is 0 Å². The van der Waals surface area contributed by atoms with Crippen LogP contribution in [0.1, 0.15) is 22.6 Å². The van der Waals surface area contributed by atoms with Gasteiger partial charge in [-0.1, -0.05) is 30.3 Å². The molecule has 0 atom stereocenters. The average molecular weight is 258 g/mol. The van der Waals surface area contributed by atoms with Crippen LogP contribution >= 0.6 is 11.8 Å². The molecule has 1 aromatic carbocycles. The van der Waals surface area contributed by atoms with Crippen molar-refractivity contribution in [3.05, 3.63) is 63.3 Å². The number of hydrogen-bond donors (Lipinski definition) is 1. The van der Waals surface area contributed by atoms with Crippen LogP contribution in [-0.2, 0) is 24.3 Å². The largest absolute Gasteiger partial charge is 0.310 e. The fourth-order valence-corrected chi connectivity index (χ4v) is 3.18. The van der Waals surface area contributed by atoms with E-state index in [0.29, 0.717) is 0 Å². The van der Waals surface area contributed by atoms with Crippen LogP contribution < -0.4 is 5.56 Å². The van der Waals surface area contributed by atoms with Gasteiger partial charge in [-0.25, -0.2) is 4.98 Å². The van der Waals surface area contributed by atoms with Gasteiger partial charge in [0.2, 0.25) is 0 Å². The molecule has 92 valence electrons. The van der Waals surface area contributed by atoms with Crippen LogP contribution in [-0.4, -0.2) is 9.97 Å². The van der Waals surface area contributed by atoms with E-state index in [4.69, 9.17) is 0 Å². The second-order valence-electron chi connectivity index (χ2n) is 4.42. The summed E-state index contributed by atoms with van der Waals surface area (Å²) in [7, 11) is 0. The number of hydrogen-bond acceptors (Lipinski definition) is 3. The van der Waals surface area contributed by atoms with E-state index in [-0.39, 0.29) is 5.56 Å². The van der Waals surface area contributed by atoms with Crippen molar-refractivity contribution in [3.8, 4) is 0 Å². The van der Waals surface area contributed by atoms with Gasteiger partial charge in [-0.05, 0) is 12.0 Å². The SMILES string of the molecule is O=c1[nH]c(CCc2ccccc2)nc2c1CSC2. The Labute approximate surface area is 110 Å². The molecule has 0 unspecified atom stereocenters. The molecule has 0 spiro atoms. The van der Waals surface area contributed by atoms with Crippen molar-refractivity contribution >= 4 is 11.8 Å².